The summed E-state index contributed by atoms with van der Waals surface area (Å²) < 4.78 is 7.33. The number of carbonyl (C=O) groups is 1. The van der Waals surface area contributed by atoms with E-state index in [1.54, 1.807) is 13.0 Å². The number of esters is 1. The molecule has 138 valence electrons. The molecule has 0 bridgehead atoms. The van der Waals surface area contributed by atoms with E-state index in [0.29, 0.717) is 29.8 Å². The standard InChI is InChI=1S/C17H26N4O2S2/c1-4-11-18-16(24)19-14-13(15(22)23-5-2)21(17(20-14)25-3)12-9-7-6-8-10-12/h4,12H,1,5-11H2,2-3H3,(H2,18,19,24). The van der Waals surface area contributed by atoms with Gasteiger partial charge in [-0.3, -0.25) is 0 Å². The molecule has 1 fully saturated rings. The summed E-state index contributed by atoms with van der Waals surface area (Å²) in [5.41, 5.74) is 0.459. The first kappa shape index (κ1) is 19.8. The van der Waals surface area contributed by atoms with Gasteiger partial charge in [-0.1, -0.05) is 37.1 Å². The van der Waals surface area contributed by atoms with Gasteiger partial charge >= 0.3 is 5.97 Å². The molecule has 1 aromatic rings. The zero-order valence-electron chi connectivity index (χ0n) is 14.8. The SMILES string of the molecule is C=CCNC(=S)Nc1nc(SC)n(C2CCCCC2)c1C(=O)OCC. The van der Waals surface area contributed by atoms with E-state index in [1.807, 2.05) is 10.8 Å². The van der Waals surface area contributed by atoms with Crippen molar-refractivity contribution < 1.29 is 9.53 Å². The van der Waals surface area contributed by atoms with Gasteiger partial charge in [0.25, 0.3) is 0 Å². The van der Waals surface area contributed by atoms with Crippen LogP contribution in [0.1, 0.15) is 55.6 Å². The average molecular weight is 383 g/mol. The number of hydrogen-bond donors (Lipinski definition) is 2. The molecule has 0 aliphatic heterocycles. The number of anilines is 1. The topological polar surface area (TPSA) is 68.2 Å². The van der Waals surface area contributed by atoms with Gasteiger partial charge in [0.1, 0.15) is 0 Å². The number of imidazole rings is 1. The average Bonchev–Trinajstić information content (AvgIpc) is 2.99. The van der Waals surface area contributed by atoms with Gasteiger partial charge in [0.2, 0.25) is 0 Å². The highest BCUT2D eigenvalue weighted by Crippen LogP contribution is 2.35. The number of nitrogens with one attached hydrogen (secondary N) is 2. The Labute approximate surface area is 158 Å². The summed E-state index contributed by atoms with van der Waals surface area (Å²) in [4.78, 5) is 17.3. The Morgan fingerprint density at radius 1 is 1.48 bits per heavy atom. The second-order valence-electron chi connectivity index (χ2n) is 5.80. The number of carbonyl (C=O) groups excluding carboxylic acids is 1. The maximum absolute atomic E-state index is 12.6. The molecule has 1 aromatic heterocycles. The quantitative estimate of drug-likeness (QED) is 0.322. The minimum Gasteiger partial charge on any atom is -0.461 e. The van der Waals surface area contributed by atoms with Crippen LogP contribution < -0.4 is 10.6 Å². The summed E-state index contributed by atoms with van der Waals surface area (Å²) in [7, 11) is 0. The van der Waals surface area contributed by atoms with Gasteiger partial charge in [-0.15, -0.1) is 6.58 Å². The molecule has 8 heteroatoms. The fourth-order valence-electron chi connectivity index (χ4n) is 3.03. The van der Waals surface area contributed by atoms with Crippen LogP contribution in [-0.4, -0.2) is 40.0 Å². The van der Waals surface area contributed by atoms with Gasteiger partial charge in [-0.2, -0.15) is 0 Å². The van der Waals surface area contributed by atoms with Crippen LogP contribution in [0.4, 0.5) is 5.82 Å². The van der Waals surface area contributed by atoms with Crippen molar-refractivity contribution in [3.8, 4) is 0 Å². The Hall–Kier alpha value is -1.54. The molecule has 2 N–H and O–H groups in total. The van der Waals surface area contributed by atoms with Crippen LogP contribution in [0.15, 0.2) is 17.8 Å². The Kier molecular flexibility index (Phi) is 7.77. The lowest BCUT2D eigenvalue weighted by atomic mass is 9.95. The second-order valence-corrected chi connectivity index (χ2v) is 6.98. The molecule has 0 atom stereocenters. The number of thioether (sulfide) groups is 1. The van der Waals surface area contributed by atoms with Crippen LogP contribution >= 0.6 is 24.0 Å². The highest BCUT2D eigenvalue weighted by Gasteiger charge is 2.29. The summed E-state index contributed by atoms with van der Waals surface area (Å²) in [6, 6.07) is 0.272. The number of nitrogens with zero attached hydrogens (tertiary/aromatic N) is 2. The van der Waals surface area contributed by atoms with Gasteiger partial charge in [0, 0.05) is 12.6 Å². The van der Waals surface area contributed by atoms with Gasteiger partial charge in [-0.25, -0.2) is 9.78 Å². The highest BCUT2D eigenvalue weighted by atomic mass is 32.2. The molecule has 6 nitrogen and oxygen atoms in total. The summed E-state index contributed by atoms with van der Waals surface area (Å²) in [6.07, 6.45) is 9.36. The minimum atomic E-state index is -0.366. The smallest absolute Gasteiger partial charge is 0.358 e. The molecule has 25 heavy (non-hydrogen) atoms. The zero-order chi connectivity index (χ0) is 18.2. The van der Waals surface area contributed by atoms with Gasteiger partial charge < -0.3 is 19.9 Å². The third kappa shape index (κ3) is 4.98. The summed E-state index contributed by atoms with van der Waals surface area (Å²) in [6.45, 7) is 6.32. The Morgan fingerprint density at radius 3 is 2.80 bits per heavy atom. The summed E-state index contributed by atoms with van der Waals surface area (Å²) in [5.74, 6) is 0.0878. The highest BCUT2D eigenvalue weighted by molar-refractivity contribution is 7.98. The van der Waals surface area contributed by atoms with Crippen molar-refractivity contribution in [1.82, 2.24) is 14.9 Å². The molecule has 1 aliphatic carbocycles. The molecule has 0 unspecified atom stereocenters. The van der Waals surface area contributed by atoms with E-state index < -0.39 is 0 Å². The number of ether oxygens (including phenoxy) is 1. The predicted molar refractivity (Wildman–Crippen MR) is 107 cm³/mol. The number of thiocarbonyl (C=S) groups is 1. The van der Waals surface area contributed by atoms with Gasteiger partial charge in [0.15, 0.2) is 21.8 Å². The normalized spacial score (nSPS) is 14.8. The molecule has 0 aromatic carbocycles. The molecule has 2 rings (SSSR count). The fourth-order valence-corrected chi connectivity index (χ4v) is 3.83. The van der Waals surface area contributed by atoms with Crippen LogP contribution in [0.3, 0.4) is 0 Å². The summed E-state index contributed by atoms with van der Waals surface area (Å²) in [5, 5.41) is 7.26. The van der Waals surface area contributed by atoms with E-state index in [4.69, 9.17) is 17.0 Å². The lowest BCUT2D eigenvalue weighted by molar-refractivity contribution is 0.0509. The van der Waals surface area contributed by atoms with E-state index in [2.05, 4.69) is 22.2 Å². The molecule has 0 radical (unpaired) electrons. The summed E-state index contributed by atoms with van der Waals surface area (Å²) >= 11 is 6.81. The predicted octanol–water partition coefficient (Wildman–Crippen LogP) is 3.76. The van der Waals surface area contributed by atoms with Crippen molar-refractivity contribution >= 4 is 40.9 Å². The second kappa shape index (κ2) is 9.82. The maximum Gasteiger partial charge on any atom is 0.358 e. The zero-order valence-corrected chi connectivity index (χ0v) is 16.5. The molecule has 0 saturated heterocycles. The monoisotopic (exact) mass is 382 g/mol. The van der Waals surface area contributed by atoms with Gasteiger partial charge in [0.05, 0.1) is 6.61 Å². The fraction of sp³-hybridized carbons (Fsp3) is 0.588. The van der Waals surface area contributed by atoms with Gasteiger partial charge in [-0.05, 0) is 38.2 Å². The van der Waals surface area contributed by atoms with Crippen LogP contribution in [0.25, 0.3) is 0 Å². The van der Waals surface area contributed by atoms with E-state index in [-0.39, 0.29) is 12.0 Å². The van der Waals surface area contributed by atoms with Crippen molar-refractivity contribution in [2.24, 2.45) is 0 Å². The van der Waals surface area contributed by atoms with E-state index in [1.165, 1.54) is 31.0 Å². The Balaban J connectivity index is 2.39. The van der Waals surface area contributed by atoms with Crippen LogP contribution in [0, 0.1) is 0 Å². The molecular formula is C17H26N4O2S2. The molecule has 1 saturated carbocycles. The maximum atomic E-state index is 12.6. The van der Waals surface area contributed by atoms with E-state index in [9.17, 15) is 4.79 Å². The van der Waals surface area contributed by atoms with Crippen molar-refractivity contribution in [3.05, 3.63) is 18.3 Å². The minimum absolute atomic E-state index is 0.272. The lowest BCUT2D eigenvalue weighted by Crippen LogP contribution is -2.29. The Morgan fingerprint density at radius 2 is 2.20 bits per heavy atom. The third-order valence-corrected chi connectivity index (χ3v) is 5.01. The van der Waals surface area contributed by atoms with Crippen molar-refractivity contribution in [3.63, 3.8) is 0 Å². The van der Waals surface area contributed by atoms with Crippen molar-refractivity contribution in [2.45, 2.75) is 50.2 Å². The number of rotatable bonds is 7. The van der Waals surface area contributed by atoms with Crippen molar-refractivity contribution in [2.75, 3.05) is 24.7 Å². The molecule has 1 heterocycles. The molecular weight excluding hydrogens is 356 g/mol. The molecule has 0 amide bonds. The molecule has 0 spiro atoms. The lowest BCUT2D eigenvalue weighted by Gasteiger charge is -2.25. The van der Waals surface area contributed by atoms with Crippen LogP contribution in [-0.2, 0) is 4.74 Å². The van der Waals surface area contributed by atoms with Crippen molar-refractivity contribution in [1.29, 1.82) is 0 Å². The largest absolute Gasteiger partial charge is 0.461 e. The number of aromatic nitrogens is 2. The first-order chi connectivity index (χ1) is 12.1. The Bertz CT molecular complexity index is 624. The third-order valence-electron chi connectivity index (χ3n) is 4.11. The first-order valence-electron chi connectivity index (χ1n) is 8.61. The molecule has 1 aliphatic rings. The first-order valence-corrected chi connectivity index (χ1v) is 10.2. The van der Waals surface area contributed by atoms with Crippen LogP contribution in [0.2, 0.25) is 0 Å². The van der Waals surface area contributed by atoms with E-state index in [0.717, 1.165) is 18.0 Å². The van der Waals surface area contributed by atoms with E-state index >= 15 is 0 Å². The number of hydrogen-bond acceptors (Lipinski definition) is 5. The van der Waals surface area contributed by atoms with Crippen LogP contribution in [0.5, 0.6) is 0 Å².